The van der Waals surface area contributed by atoms with Crippen molar-refractivity contribution >= 4 is 21.7 Å². The highest BCUT2D eigenvalue weighted by atomic mass is 32.2. The van der Waals surface area contributed by atoms with E-state index in [4.69, 9.17) is 0 Å². The van der Waals surface area contributed by atoms with Crippen molar-refractivity contribution in [3.05, 3.63) is 68.6 Å². The quantitative estimate of drug-likeness (QED) is 0.648. The predicted octanol–water partition coefficient (Wildman–Crippen LogP) is 1.96. The number of sulfone groups is 1. The lowest BCUT2D eigenvalue weighted by molar-refractivity contribution is 0.0693. The van der Waals surface area contributed by atoms with Gasteiger partial charge in [0.2, 0.25) is 0 Å². The SMILES string of the molecule is Cc1ccc(CNC(=O)c2cc(C)c3n(c2=O)CCN(CC2(S(=O)(=O)C4CC4)CC2)C3=O)cc1. The largest absolute Gasteiger partial charge is 0.348 e. The summed E-state index contributed by atoms with van der Waals surface area (Å²) in [4.78, 5) is 40.8. The van der Waals surface area contributed by atoms with Crippen molar-refractivity contribution in [1.29, 1.82) is 0 Å². The first-order valence-corrected chi connectivity index (χ1v) is 13.3. The van der Waals surface area contributed by atoms with Gasteiger partial charge in [-0.05, 0) is 56.7 Å². The minimum Gasteiger partial charge on any atom is -0.348 e. The Labute approximate surface area is 198 Å². The van der Waals surface area contributed by atoms with Gasteiger partial charge >= 0.3 is 0 Å². The van der Waals surface area contributed by atoms with E-state index in [-0.39, 0.29) is 42.0 Å². The average Bonchev–Trinajstić information content (AvgIpc) is 3.71. The van der Waals surface area contributed by atoms with Crippen LogP contribution >= 0.6 is 0 Å². The summed E-state index contributed by atoms with van der Waals surface area (Å²) in [7, 11) is -3.24. The van der Waals surface area contributed by atoms with E-state index in [0.29, 0.717) is 37.8 Å². The van der Waals surface area contributed by atoms with Gasteiger partial charge in [-0.2, -0.15) is 0 Å². The molecule has 8 nitrogen and oxygen atoms in total. The number of nitrogens with zero attached hydrogens (tertiary/aromatic N) is 2. The molecule has 2 saturated carbocycles. The van der Waals surface area contributed by atoms with E-state index in [1.807, 2.05) is 31.2 Å². The van der Waals surface area contributed by atoms with Crippen LogP contribution in [-0.4, -0.2) is 52.8 Å². The Balaban J connectivity index is 1.35. The van der Waals surface area contributed by atoms with E-state index in [1.54, 1.807) is 11.8 Å². The Morgan fingerprint density at radius 1 is 1.09 bits per heavy atom. The van der Waals surface area contributed by atoms with Crippen molar-refractivity contribution in [3.63, 3.8) is 0 Å². The van der Waals surface area contributed by atoms with Crippen LogP contribution in [0.5, 0.6) is 0 Å². The molecule has 9 heteroatoms. The van der Waals surface area contributed by atoms with Gasteiger partial charge in [0.1, 0.15) is 11.3 Å². The molecule has 1 aliphatic heterocycles. The third-order valence-corrected chi connectivity index (χ3v) is 10.3. The Morgan fingerprint density at radius 2 is 1.76 bits per heavy atom. The van der Waals surface area contributed by atoms with Crippen molar-refractivity contribution in [1.82, 2.24) is 14.8 Å². The Bertz CT molecular complexity index is 1340. The fourth-order valence-corrected chi connectivity index (χ4v) is 7.30. The maximum absolute atomic E-state index is 13.3. The number of benzene rings is 1. The van der Waals surface area contributed by atoms with Crippen molar-refractivity contribution < 1.29 is 18.0 Å². The van der Waals surface area contributed by atoms with Gasteiger partial charge in [-0.25, -0.2) is 8.42 Å². The second kappa shape index (κ2) is 8.08. The lowest BCUT2D eigenvalue weighted by Gasteiger charge is -2.33. The molecule has 2 fully saturated rings. The van der Waals surface area contributed by atoms with Gasteiger partial charge < -0.3 is 14.8 Å². The zero-order valence-electron chi connectivity index (χ0n) is 19.5. The lowest BCUT2D eigenvalue weighted by atomic mass is 10.1. The maximum Gasteiger partial charge on any atom is 0.270 e. The van der Waals surface area contributed by atoms with Crippen LogP contribution in [0.15, 0.2) is 35.1 Å². The number of nitrogens with one attached hydrogen (secondary N) is 1. The zero-order valence-corrected chi connectivity index (χ0v) is 20.3. The average molecular weight is 484 g/mol. The molecule has 0 bridgehead atoms. The lowest BCUT2D eigenvalue weighted by Crippen LogP contribution is -2.50. The fourth-order valence-electron chi connectivity index (χ4n) is 4.82. The normalized spacial score (nSPS) is 19.0. The third kappa shape index (κ3) is 3.85. The highest BCUT2D eigenvalue weighted by molar-refractivity contribution is 7.94. The van der Waals surface area contributed by atoms with E-state index in [2.05, 4.69) is 5.32 Å². The minimum atomic E-state index is -3.24. The molecule has 1 N–H and O–H groups in total. The number of aromatic nitrogens is 1. The van der Waals surface area contributed by atoms with Crippen molar-refractivity contribution in [3.8, 4) is 0 Å². The zero-order chi connectivity index (χ0) is 24.3. The molecule has 0 spiro atoms. The van der Waals surface area contributed by atoms with Crippen LogP contribution in [0.2, 0.25) is 0 Å². The molecule has 2 amide bonds. The molecule has 2 aromatic rings. The number of aryl methyl sites for hydroxylation is 2. The highest BCUT2D eigenvalue weighted by Gasteiger charge is 2.60. The summed E-state index contributed by atoms with van der Waals surface area (Å²) in [5, 5.41) is 2.53. The number of amides is 2. The van der Waals surface area contributed by atoms with Gasteiger partial charge in [0.15, 0.2) is 9.84 Å². The molecule has 3 aliphatic rings. The number of fused-ring (bicyclic) bond motifs is 1. The standard InChI is InChI=1S/C25H29N3O5S/c1-16-3-5-18(6-4-16)14-26-22(29)20-13-17(2)21-24(31)27(11-12-28(21)23(20)30)15-25(9-10-25)34(32,33)19-7-8-19/h3-6,13,19H,7-12,14-15H2,1-2H3,(H,26,29). The minimum absolute atomic E-state index is 0.00425. The van der Waals surface area contributed by atoms with Crippen LogP contribution in [0, 0.1) is 13.8 Å². The summed E-state index contributed by atoms with van der Waals surface area (Å²) >= 11 is 0. The Kier molecular flexibility index (Phi) is 5.42. The fraction of sp³-hybridized carbons (Fsp3) is 0.480. The van der Waals surface area contributed by atoms with E-state index in [9.17, 15) is 22.8 Å². The summed E-state index contributed by atoms with van der Waals surface area (Å²) in [5.41, 5.74) is 2.33. The Morgan fingerprint density at radius 3 is 2.38 bits per heavy atom. The van der Waals surface area contributed by atoms with Crippen LogP contribution in [0.4, 0.5) is 0 Å². The molecule has 34 heavy (non-hydrogen) atoms. The molecular weight excluding hydrogens is 454 g/mol. The maximum atomic E-state index is 13.3. The first-order valence-electron chi connectivity index (χ1n) is 11.7. The number of carbonyl (C=O) groups is 2. The summed E-state index contributed by atoms with van der Waals surface area (Å²) in [5.74, 6) is -0.823. The molecule has 1 aromatic carbocycles. The molecule has 5 rings (SSSR count). The van der Waals surface area contributed by atoms with E-state index < -0.39 is 26.1 Å². The van der Waals surface area contributed by atoms with Crippen molar-refractivity contribution in [2.24, 2.45) is 0 Å². The molecule has 2 aliphatic carbocycles. The molecule has 0 saturated heterocycles. The van der Waals surface area contributed by atoms with Crippen LogP contribution in [0.3, 0.4) is 0 Å². The number of hydrogen-bond acceptors (Lipinski definition) is 5. The second-order valence-corrected chi connectivity index (χ2v) is 12.5. The summed E-state index contributed by atoms with van der Waals surface area (Å²) < 4.78 is 26.3. The summed E-state index contributed by atoms with van der Waals surface area (Å²) in [6.07, 6.45) is 2.59. The van der Waals surface area contributed by atoms with Gasteiger partial charge in [0, 0.05) is 26.2 Å². The number of pyridine rings is 1. The molecule has 1 aromatic heterocycles. The van der Waals surface area contributed by atoms with Crippen LogP contribution in [0.25, 0.3) is 0 Å². The predicted molar refractivity (Wildman–Crippen MR) is 128 cm³/mol. The highest BCUT2D eigenvalue weighted by Crippen LogP contribution is 2.50. The van der Waals surface area contributed by atoms with Crippen LogP contribution in [0.1, 0.15) is 63.2 Å². The molecule has 0 radical (unpaired) electrons. The van der Waals surface area contributed by atoms with Crippen molar-refractivity contribution in [2.45, 2.75) is 62.6 Å². The number of hydrogen-bond donors (Lipinski definition) is 1. The Hall–Kier alpha value is -2.94. The first-order chi connectivity index (χ1) is 16.1. The van der Waals surface area contributed by atoms with Crippen molar-refractivity contribution in [2.75, 3.05) is 13.1 Å². The van der Waals surface area contributed by atoms with Crippen LogP contribution in [-0.2, 0) is 22.9 Å². The topological polar surface area (TPSA) is 106 Å². The van der Waals surface area contributed by atoms with E-state index >= 15 is 0 Å². The monoisotopic (exact) mass is 483 g/mol. The summed E-state index contributed by atoms with van der Waals surface area (Å²) in [6.45, 7) is 4.65. The molecule has 180 valence electrons. The van der Waals surface area contributed by atoms with Crippen LogP contribution < -0.4 is 10.9 Å². The molecule has 0 atom stereocenters. The smallest absolute Gasteiger partial charge is 0.270 e. The molecular formula is C25H29N3O5S. The van der Waals surface area contributed by atoms with Gasteiger partial charge in [-0.3, -0.25) is 14.4 Å². The number of carbonyl (C=O) groups excluding carboxylic acids is 2. The van der Waals surface area contributed by atoms with Gasteiger partial charge in [0.25, 0.3) is 17.4 Å². The van der Waals surface area contributed by atoms with Gasteiger partial charge in [0.05, 0.1) is 10.00 Å². The number of rotatable bonds is 7. The second-order valence-electron chi connectivity index (χ2n) is 9.87. The van der Waals surface area contributed by atoms with E-state index in [1.165, 1.54) is 10.6 Å². The molecule has 2 heterocycles. The third-order valence-electron chi connectivity index (χ3n) is 7.23. The molecule has 0 unspecified atom stereocenters. The summed E-state index contributed by atoms with van der Waals surface area (Å²) in [6, 6.07) is 9.22. The first kappa shape index (κ1) is 22.8. The van der Waals surface area contributed by atoms with Gasteiger partial charge in [-0.1, -0.05) is 29.8 Å². The van der Waals surface area contributed by atoms with Gasteiger partial charge in [-0.15, -0.1) is 0 Å². The van der Waals surface area contributed by atoms with E-state index in [0.717, 1.165) is 11.1 Å².